The molecule has 4 heteroatoms. The van der Waals surface area contributed by atoms with Gasteiger partial charge in [0.25, 0.3) is 0 Å². The van der Waals surface area contributed by atoms with Crippen LogP contribution in [0.25, 0.3) is 0 Å². The molecule has 0 unspecified atom stereocenters. The van der Waals surface area contributed by atoms with Crippen LogP contribution in [0.3, 0.4) is 0 Å². The van der Waals surface area contributed by atoms with E-state index in [4.69, 9.17) is 4.74 Å². The van der Waals surface area contributed by atoms with Gasteiger partial charge in [0.15, 0.2) is 5.78 Å². The lowest BCUT2D eigenvalue weighted by atomic mass is 10.0. The predicted octanol–water partition coefficient (Wildman–Crippen LogP) is 2.58. The molecule has 0 bridgehead atoms. The molecule has 1 heterocycles. The summed E-state index contributed by atoms with van der Waals surface area (Å²) in [6.07, 6.45) is 0.717. The van der Waals surface area contributed by atoms with E-state index in [0.717, 1.165) is 29.4 Å². The number of benzene rings is 1. The molecular weight excluding hydrogens is 248 g/mol. The second-order valence-corrected chi connectivity index (χ2v) is 5.92. The summed E-state index contributed by atoms with van der Waals surface area (Å²) in [7, 11) is 0. The average molecular weight is 262 g/mol. The van der Waals surface area contributed by atoms with Crippen molar-refractivity contribution in [2.45, 2.75) is 18.2 Å². The highest BCUT2D eigenvalue weighted by atomic mass is 32.2. The van der Waals surface area contributed by atoms with Gasteiger partial charge in [0.05, 0.1) is 11.5 Å². The van der Waals surface area contributed by atoms with Crippen molar-refractivity contribution < 1.29 is 14.3 Å². The smallest absolute Gasteiger partial charge is 0.166 e. The van der Waals surface area contributed by atoms with E-state index in [1.54, 1.807) is 18.7 Å². The fourth-order valence-electron chi connectivity index (χ4n) is 2.34. The largest absolute Gasteiger partial charge is 0.492 e. The molecule has 0 aromatic heterocycles. The monoisotopic (exact) mass is 262 g/mol. The minimum Gasteiger partial charge on any atom is -0.492 e. The number of carbonyl (C=O) groups excluding carboxylic acids is 2. The molecule has 0 amide bonds. The summed E-state index contributed by atoms with van der Waals surface area (Å²) in [4.78, 5) is 24.4. The third-order valence-corrected chi connectivity index (χ3v) is 4.48. The lowest BCUT2D eigenvalue weighted by Gasteiger charge is -2.17. The maximum atomic E-state index is 12.2. The molecule has 1 fully saturated rings. The molecule has 2 aliphatic rings. The number of hydrogen-bond donors (Lipinski definition) is 0. The normalized spacial score (nSPS) is 24.9. The Labute approximate surface area is 110 Å². The molecule has 18 heavy (non-hydrogen) atoms. The number of rotatable bonds is 3. The first-order chi connectivity index (χ1) is 8.66. The number of fused-ring (bicyclic) bond motifs is 1. The van der Waals surface area contributed by atoms with Crippen LogP contribution in [-0.2, 0) is 4.79 Å². The number of Topliss-reactive ketones (excluding diaryl/α,β-unsaturated/α-hetero) is 2. The highest BCUT2D eigenvalue weighted by Gasteiger charge is 2.46. The Morgan fingerprint density at radius 3 is 2.89 bits per heavy atom. The van der Waals surface area contributed by atoms with E-state index in [2.05, 4.69) is 0 Å². The number of ketones is 2. The van der Waals surface area contributed by atoms with Crippen LogP contribution in [0.15, 0.2) is 23.1 Å². The van der Waals surface area contributed by atoms with Crippen molar-refractivity contribution in [2.75, 3.05) is 12.4 Å². The Balaban J connectivity index is 1.81. The molecule has 1 aromatic carbocycles. The summed E-state index contributed by atoms with van der Waals surface area (Å²) >= 11 is 1.72. The van der Waals surface area contributed by atoms with Gasteiger partial charge < -0.3 is 4.74 Å². The van der Waals surface area contributed by atoms with Crippen LogP contribution in [0.5, 0.6) is 5.75 Å². The van der Waals surface area contributed by atoms with Crippen molar-refractivity contribution in [3.05, 3.63) is 23.8 Å². The van der Waals surface area contributed by atoms with Crippen molar-refractivity contribution >= 4 is 23.3 Å². The summed E-state index contributed by atoms with van der Waals surface area (Å²) in [5.41, 5.74) is 0.709. The van der Waals surface area contributed by atoms with E-state index < -0.39 is 0 Å². The van der Waals surface area contributed by atoms with E-state index >= 15 is 0 Å². The van der Waals surface area contributed by atoms with Crippen molar-refractivity contribution in [1.29, 1.82) is 0 Å². The van der Waals surface area contributed by atoms with Gasteiger partial charge in [-0.15, -0.1) is 11.8 Å². The molecule has 94 valence electrons. The van der Waals surface area contributed by atoms with Crippen molar-refractivity contribution in [1.82, 2.24) is 0 Å². The highest BCUT2D eigenvalue weighted by molar-refractivity contribution is 7.99. The molecule has 1 saturated carbocycles. The molecule has 1 aliphatic heterocycles. The zero-order valence-electron chi connectivity index (χ0n) is 10.1. The average Bonchev–Trinajstić information content (AvgIpc) is 3.17. The van der Waals surface area contributed by atoms with Gasteiger partial charge in [-0.25, -0.2) is 0 Å². The SMILES string of the molecule is CC(=O)[C@H]1C[C@@H]1C(=O)c1ccc2c(c1)SCCO2. The Morgan fingerprint density at radius 1 is 1.33 bits per heavy atom. The van der Waals surface area contributed by atoms with Gasteiger partial charge in [-0.05, 0) is 31.5 Å². The van der Waals surface area contributed by atoms with Gasteiger partial charge in [-0.2, -0.15) is 0 Å². The molecule has 2 atom stereocenters. The maximum absolute atomic E-state index is 12.2. The number of ether oxygens (including phenoxy) is 1. The van der Waals surface area contributed by atoms with Crippen molar-refractivity contribution in [3.8, 4) is 5.75 Å². The van der Waals surface area contributed by atoms with Crippen molar-refractivity contribution in [3.63, 3.8) is 0 Å². The molecule has 0 saturated heterocycles. The molecule has 0 spiro atoms. The molecule has 0 N–H and O–H groups in total. The lowest BCUT2D eigenvalue weighted by molar-refractivity contribution is -0.118. The summed E-state index contributed by atoms with van der Waals surface area (Å²) in [6, 6.07) is 5.57. The second kappa shape index (κ2) is 4.43. The first-order valence-electron chi connectivity index (χ1n) is 6.11. The molecular formula is C14H14O3S. The van der Waals surface area contributed by atoms with Gasteiger partial charge in [0.1, 0.15) is 11.5 Å². The zero-order chi connectivity index (χ0) is 12.7. The van der Waals surface area contributed by atoms with Crippen LogP contribution >= 0.6 is 11.8 Å². The first kappa shape index (κ1) is 11.8. The summed E-state index contributed by atoms with van der Waals surface area (Å²) in [5, 5.41) is 0. The lowest BCUT2D eigenvalue weighted by Crippen LogP contribution is -2.10. The number of carbonyl (C=O) groups is 2. The Morgan fingerprint density at radius 2 is 2.17 bits per heavy atom. The minimum atomic E-state index is -0.0879. The summed E-state index contributed by atoms with van der Waals surface area (Å²) in [6.45, 7) is 2.29. The topological polar surface area (TPSA) is 43.4 Å². The van der Waals surface area contributed by atoms with Crippen LogP contribution in [0, 0.1) is 11.8 Å². The zero-order valence-corrected chi connectivity index (χ0v) is 11.0. The van der Waals surface area contributed by atoms with Gasteiger partial charge in [-0.3, -0.25) is 9.59 Å². The minimum absolute atomic E-state index is 0.0440. The van der Waals surface area contributed by atoms with Crippen molar-refractivity contribution in [2.24, 2.45) is 11.8 Å². The summed E-state index contributed by atoms with van der Waals surface area (Å²) < 4.78 is 5.51. The van der Waals surface area contributed by atoms with E-state index in [0.29, 0.717) is 5.56 Å². The molecule has 0 radical (unpaired) electrons. The van der Waals surface area contributed by atoms with Gasteiger partial charge in [-0.1, -0.05) is 0 Å². The summed E-state index contributed by atoms with van der Waals surface area (Å²) in [5.74, 6) is 1.88. The van der Waals surface area contributed by atoms with Gasteiger partial charge >= 0.3 is 0 Å². The Kier molecular flexibility index (Phi) is 2.90. The Bertz CT molecular complexity index is 524. The fraction of sp³-hybridized carbons (Fsp3) is 0.429. The van der Waals surface area contributed by atoms with Crippen LogP contribution in [0.2, 0.25) is 0 Å². The van der Waals surface area contributed by atoms with E-state index in [1.165, 1.54) is 0 Å². The quantitative estimate of drug-likeness (QED) is 0.785. The maximum Gasteiger partial charge on any atom is 0.166 e. The molecule has 1 aliphatic carbocycles. The predicted molar refractivity (Wildman–Crippen MR) is 69.3 cm³/mol. The van der Waals surface area contributed by atoms with Crippen LogP contribution < -0.4 is 4.74 Å². The highest BCUT2D eigenvalue weighted by Crippen LogP contribution is 2.42. The van der Waals surface area contributed by atoms with E-state index in [1.807, 2.05) is 18.2 Å². The van der Waals surface area contributed by atoms with E-state index in [9.17, 15) is 9.59 Å². The van der Waals surface area contributed by atoms with Gasteiger partial charge in [0, 0.05) is 23.2 Å². The third-order valence-electron chi connectivity index (χ3n) is 3.48. The fourth-order valence-corrected chi connectivity index (χ4v) is 3.21. The number of hydrogen-bond acceptors (Lipinski definition) is 4. The molecule has 3 nitrogen and oxygen atoms in total. The standard InChI is InChI=1S/C14H14O3S/c1-8(15)10-7-11(10)14(16)9-2-3-12-13(6-9)18-5-4-17-12/h2-3,6,10-11H,4-5,7H2,1H3/t10-,11+/m1/s1. The van der Waals surface area contributed by atoms with Crippen LogP contribution in [0.1, 0.15) is 23.7 Å². The number of thioether (sulfide) groups is 1. The molecule has 1 aromatic rings. The van der Waals surface area contributed by atoms with Crippen LogP contribution in [0.4, 0.5) is 0 Å². The second-order valence-electron chi connectivity index (χ2n) is 4.78. The van der Waals surface area contributed by atoms with E-state index in [-0.39, 0.29) is 23.4 Å². The molecule has 3 rings (SSSR count). The van der Waals surface area contributed by atoms with Gasteiger partial charge in [0.2, 0.25) is 0 Å². The van der Waals surface area contributed by atoms with Crippen LogP contribution in [-0.4, -0.2) is 23.9 Å². The Hall–Kier alpha value is -1.29. The third kappa shape index (κ3) is 2.05. The first-order valence-corrected chi connectivity index (χ1v) is 7.09.